The first-order valence-corrected chi connectivity index (χ1v) is 9.53. The van der Waals surface area contributed by atoms with Gasteiger partial charge in [-0.1, -0.05) is 0 Å². The van der Waals surface area contributed by atoms with Crippen molar-refractivity contribution in [1.29, 1.82) is 0 Å². The molecule has 3 aromatic rings. The fourth-order valence-electron chi connectivity index (χ4n) is 3.18. The van der Waals surface area contributed by atoms with Gasteiger partial charge in [0.2, 0.25) is 5.91 Å². The van der Waals surface area contributed by atoms with Gasteiger partial charge in [-0.25, -0.2) is 9.97 Å². The molecule has 1 fully saturated rings. The minimum absolute atomic E-state index is 0.0350. The molecule has 8 nitrogen and oxygen atoms in total. The Morgan fingerprint density at radius 2 is 2.19 bits per heavy atom. The number of carbonyl (C=O) groups is 1. The number of carbonyl (C=O) groups excluding carboxylic acids is 1. The molecule has 1 amide bonds. The van der Waals surface area contributed by atoms with E-state index in [1.165, 1.54) is 11.3 Å². The molecule has 4 heterocycles. The Labute approximate surface area is 160 Å². The van der Waals surface area contributed by atoms with Gasteiger partial charge in [0.25, 0.3) is 0 Å². The minimum atomic E-state index is -0.104. The van der Waals surface area contributed by atoms with Crippen molar-refractivity contribution in [2.45, 2.75) is 18.9 Å². The van der Waals surface area contributed by atoms with E-state index in [4.69, 9.17) is 0 Å². The van der Waals surface area contributed by atoms with Gasteiger partial charge in [0.1, 0.15) is 5.69 Å². The van der Waals surface area contributed by atoms with Crippen LogP contribution in [-0.4, -0.2) is 42.1 Å². The molecule has 0 radical (unpaired) electrons. The first-order chi connectivity index (χ1) is 13.2. The molecule has 1 unspecified atom stereocenters. The Balaban J connectivity index is 1.54. The van der Waals surface area contributed by atoms with E-state index in [9.17, 15) is 4.79 Å². The topological polar surface area (TPSA) is 88.8 Å². The van der Waals surface area contributed by atoms with Crippen molar-refractivity contribution in [3.63, 3.8) is 0 Å². The molecule has 0 aliphatic carbocycles. The van der Waals surface area contributed by atoms with Gasteiger partial charge in [-0.3, -0.25) is 14.5 Å². The summed E-state index contributed by atoms with van der Waals surface area (Å²) in [7, 11) is 1.85. The molecule has 9 heteroatoms. The van der Waals surface area contributed by atoms with Gasteiger partial charge in [-0.05, 0) is 18.9 Å². The summed E-state index contributed by atoms with van der Waals surface area (Å²) < 4.78 is 1.71. The van der Waals surface area contributed by atoms with E-state index in [2.05, 4.69) is 25.4 Å². The summed E-state index contributed by atoms with van der Waals surface area (Å²) in [5.74, 6) is 0.612. The van der Waals surface area contributed by atoms with Crippen LogP contribution in [0.2, 0.25) is 0 Å². The van der Waals surface area contributed by atoms with Crippen molar-refractivity contribution in [2.75, 3.05) is 11.9 Å². The lowest BCUT2D eigenvalue weighted by Gasteiger charge is -2.24. The van der Waals surface area contributed by atoms with E-state index in [1.807, 2.05) is 23.5 Å². The standard InChI is InChI=1S/C18H19N7OS/c1-24-12-13(11-22-24)4-5-15(26)25-9-2-3-14(25)16-17(20-7-6-19-16)23-18-21-8-10-27-18/h4-8,10-12,14H,2-3,9H2,1H3,(H,20,21,23). The number of anilines is 2. The second-order valence-corrected chi connectivity index (χ2v) is 7.12. The number of hydrogen-bond donors (Lipinski definition) is 1. The lowest BCUT2D eigenvalue weighted by atomic mass is 10.1. The summed E-state index contributed by atoms with van der Waals surface area (Å²) in [5.41, 5.74) is 1.67. The molecule has 0 saturated carbocycles. The van der Waals surface area contributed by atoms with Gasteiger partial charge >= 0.3 is 0 Å². The van der Waals surface area contributed by atoms with Gasteiger partial charge in [0, 0.05) is 55.4 Å². The number of thiazole rings is 1. The molecule has 0 bridgehead atoms. The third-order valence-electron chi connectivity index (χ3n) is 4.38. The number of likely N-dealkylation sites (tertiary alicyclic amines) is 1. The van der Waals surface area contributed by atoms with Crippen LogP contribution in [0.5, 0.6) is 0 Å². The number of aromatic nitrogens is 5. The molecule has 3 aromatic heterocycles. The molecule has 27 heavy (non-hydrogen) atoms. The normalized spacial score (nSPS) is 16.9. The van der Waals surface area contributed by atoms with Crippen LogP contribution in [-0.2, 0) is 11.8 Å². The first-order valence-electron chi connectivity index (χ1n) is 8.65. The summed E-state index contributed by atoms with van der Waals surface area (Å²) in [4.78, 5) is 27.8. The average Bonchev–Trinajstić information content (AvgIpc) is 3.42. The predicted octanol–water partition coefficient (Wildman–Crippen LogP) is 2.79. The highest BCUT2D eigenvalue weighted by atomic mass is 32.1. The van der Waals surface area contributed by atoms with Crippen LogP contribution in [0.3, 0.4) is 0 Å². The predicted molar refractivity (Wildman–Crippen MR) is 103 cm³/mol. The van der Waals surface area contributed by atoms with E-state index in [1.54, 1.807) is 41.6 Å². The maximum Gasteiger partial charge on any atom is 0.247 e. The summed E-state index contributed by atoms with van der Waals surface area (Å²) in [5, 5.41) is 9.98. The molecule has 4 rings (SSSR count). The molecule has 1 aliphatic heterocycles. The fourth-order valence-corrected chi connectivity index (χ4v) is 3.71. The van der Waals surface area contributed by atoms with Crippen LogP contribution in [0.15, 0.2) is 42.4 Å². The quantitative estimate of drug-likeness (QED) is 0.684. The van der Waals surface area contributed by atoms with Gasteiger partial charge in [-0.2, -0.15) is 5.10 Å². The van der Waals surface area contributed by atoms with Crippen LogP contribution < -0.4 is 5.32 Å². The third kappa shape index (κ3) is 3.87. The number of hydrogen-bond acceptors (Lipinski definition) is 7. The van der Waals surface area contributed by atoms with Crippen LogP contribution in [0, 0.1) is 0 Å². The second kappa shape index (κ2) is 7.67. The lowest BCUT2D eigenvalue weighted by molar-refractivity contribution is -0.126. The van der Waals surface area contributed by atoms with Gasteiger partial charge < -0.3 is 10.2 Å². The number of aryl methyl sites for hydroxylation is 1. The van der Waals surface area contributed by atoms with E-state index in [0.717, 1.165) is 29.2 Å². The van der Waals surface area contributed by atoms with E-state index < -0.39 is 0 Å². The van der Waals surface area contributed by atoms with Crippen molar-refractivity contribution in [2.24, 2.45) is 7.05 Å². The highest BCUT2D eigenvalue weighted by Gasteiger charge is 2.32. The van der Waals surface area contributed by atoms with Crippen molar-refractivity contribution in [3.8, 4) is 0 Å². The Morgan fingerprint density at radius 3 is 2.96 bits per heavy atom. The number of nitrogens with one attached hydrogen (secondary N) is 1. The summed E-state index contributed by atoms with van der Waals surface area (Å²) in [6, 6.07) is -0.104. The molecule has 1 N–H and O–H groups in total. The Hall–Kier alpha value is -3.07. The minimum Gasteiger partial charge on any atom is -0.330 e. The largest absolute Gasteiger partial charge is 0.330 e. The molecule has 1 saturated heterocycles. The van der Waals surface area contributed by atoms with Crippen molar-refractivity contribution in [3.05, 3.63) is 53.7 Å². The number of amides is 1. The van der Waals surface area contributed by atoms with Crippen molar-refractivity contribution >= 4 is 34.3 Å². The van der Waals surface area contributed by atoms with Crippen LogP contribution in [0.1, 0.15) is 30.1 Å². The van der Waals surface area contributed by atoms with Crippen LogP contribution in [0.25, 0.3) is 6.08 Å². The zero-order valence-electron chi connectivity index (χ0n) is 14.8. The Morgan fingerprint density at radius 1 is 1.30 bits per heavy atom. The summed E-state index contributed by atoms with van der Waals surface area (Å²) in [6.45, 7) is 0.703. The average molecular weight is 381 g/mol. The van der Waals surface area contributed by atoms with E-state index in [0.29, 0.717) is 12.4 Å². The molecule has 1 aliphatic rings. The molecule has 0 aromatic carbocycles. The SMILES string of the molecule is Cn1cc(C=CC(=O)N2CCCC2c2nccnc2Nc2nccs2)cn1. The number of rotatable bonds is 5. The number of nitrogens with zero attached hydrogens (tertiary/aromatic N) is 6. The zero-order chi connectivity index (χ0) is 18.6. The molecule has 0 spiro atoms. The van der Waals surface area contributed by atoms with Crippen LogP contribution >= 0.6 is 11.3 Å². The monoisotopic (exact) mass is 381 g/mol. The smallest absolute Gasteiger partial charge is 0.247 e. The van der Waals surface area contributed by atoms with Gasteiger partial charge in [0.15, 0.2) is 10.9 Å². The van der Waals surface area contributed by atoms with Gasteiger partial charge in [-0.15, -0.1) is 11.3 Å². The van der Waals surface area contributed by atoms with Gasteiger partial charge in [0.05, 0.1) is 12.2 Å². The second-order valence-electron chi connectivity index (χ2n) is 6.22. The lowest BCUT2D eigenvalue weighted by Crippen LogP contribution is -2.30. The maximum atomic E-state index is 12.8. The maximum absolute atomic E-state index is 12.8. The highest BCUT2D eigenvalue weighted by molar-refractivity contribution is 7.13. The fraction of sp³-hybridized carbons (Fsp3) is 0.278. The van der Waals surface area contributed by atoms with E-state index >= 15 is 0 Å². The Kier molecular flexibility index (Phi) is 4.93. The molecular weight excluding hydrogens is 362 g/mol. The zero-order valence-corrected chi connectivity index (χ0v) is 15.6. The van der Waals surface area contributed by atoms with Crippen molar-refractivity contribution in [1.82, 2.24) is 29.6 Å². The summed E-state index contributed by atoms with van der Waals surface area (Å²) in [6.07, 6.45) is 13.8. The molecule has 138 valence electrons. The van der Waals surface area contributed by atoms with Crippen LogP contribution in [0.4, 0.5) is 10.9 Å². The molecule has 1 atom stereocenters. The summed E-state index contributed by atoms with van der Waals surface area (Å²) >= 11 is 1.49. The molecular formula is C18H19N7OS. The Bertz CT molecular complexity index is 950. The highest BCUT2D eigenvalue weighted by Crippen LogP contribution is 2.35. The first kappa shape index (κ1) is 17.3. The van der Waals surface area contributed by atoms with E-state index in [-0.39, 0.29) is 11.9 Å². The third-order valence-corrected chi connectivity index (χ3v) is 5.07. The van der Waals surface area contributed by atoms with Crippen molar-refractivity contribution < 1.29 is 4.79 Å².